The number of hydrogen-bond acceptors (Lipinski definition) is 3. The molecule has 114 valence electrons. The van der Waals surface area contributed by atoms with Crippen LogP contribution in [0.3, 0.4) is 0 Å². The number of carbonyl (C=O) groups is 2. The van der Waals surface area contributed by atoms with Gasteiger partial charge in [0.2, 0.25) is 5.91 Å². The van der Waals surface area contributed by atoms with Crippen LogP contribution >= 0.6 is 0 Å². The van der Waals surface area contributed by atoms with E-state index in [1.54, 1.807) is 19.2 Å². The Balaban J connectivity index is 1.75. The van der Waals surface area contributed by atoms with E-state index >= 15 is 0 Å². The summed E-state index contributed by atoms with van der Waals surface area (Å²) in [5.41, 5.74) is 1.62. The lowest BCUT2D eigenvalue weighted by molar-refractivity contribution is -0.120. The number of benzene rings is 1. The van der Waals surface area contributed by atoms with Crippen molar-refractivity contribution >= 4 is 17.6 Å². The average Bonchev–Trinajstić information content (AvgIpc) is 3.25. The Morgan fingerprint density at radius 2 is 1.95 bits per heavy atom. The van der Waals surface area contributed by atoms with Crippen molar-refractivity contribution in [1.29, 1.82) is 0 Å². The number of ether oxygens (including phenoxy) is 1. The fourth-order valence-electron chi connectivity index (χ4n) is 1.84. The Labute approximate surface area is 124 Å². The normalized spacial score (nSPS) is 13.6. The smallest absolute Gasteiger partial charge is 0.319 e. The molecule has 21 heavy (non-hydrogen) atoms. The minimum Gasteiger partial charge on any atom is -0.383 e. The lowest BCUT2D eigenvalue weighted by atomic mass is 10.1. The summed E-state index contributed by atoms with van der Waals surface area (Å²) in [6.45, 7) is 0.935. The quantitative estimate of drug-likeness (QED) is 0.662. The fraction of sp³-hybridized carbons (Fsp3) is 0.467. The molecule has 3 N–H and O–H groups in total. The summed E-state index contributed by atoms with van der Waals surface area (Å²) < 4.78 is 4.85. The molecule has 0 aromatic heterocycles. The predicted molar refractivity (Wildman–Crippen MR) is 80.2 cm³/mol. The first-order chi connectivity index (χ1) is 10.2. The summed E-state index contributed by atoms with van der Waals surface area (Å²) in [6.07, 6.45) is 2.55. The first-order valence-corrected chi connectivity index (χ1v) is 7.09. The van der Waals surface area contributed by atoms with Gasteiger partial charge in [0.15, 0.2) is 0 Å². The highest BCUT2D eigenvalue weighted by molar-refractivity contribution is 5.89. The van der Waals surface area contributed by atoms with Gasteiger partial charge in [-0.1, -0.05) is 12.1 Å². The molecule has 1 aliphatic carbocycles. The maximum Gasteiger partial charge on any atom is 0.319 e. The van der Waals surface area contributed by atoms with Crippen LogP contribution in [0.1, 0.15) is 18.4 Å². The zero-order valence-electron chi connectivity index (χ0n) is 12.1. The SMILES string of the molecule is COCCNC(=O)Nc1ccc(CC(=O)NC2CC2)cc1. The summed E-state index contributed by atoms with van der Waals surface area (Å²) in [4.78, 5) is 23.2. The second kappa shape index (κ2) is 7.64. The van der Waals surface area contributed by atoms with E-state index in [2.05, 4.69) is 16.0 Å². The Morgan fingerprint density at radius 1 is 1.24 bits per heavy atom. The van der Waals surface area contributed by atoms with Crippen molar-refractivity contribution in [1.82, 2.24) is 10.6 Å². The molecule has 0 spiro atoms. The van der Waals surface area contributed by atoms with Crippen LogP contribution in [-0.2, 0) is 16.0 Å². The third-order valence-corrected chi connectivity index (χ3v) is 3.11. The number of urea groups is 1. The minimum absolute atomic E-state index is 0.0514. The predicted octanol–water partition coefficient (Wildman–Crippen LogP) is 1.28. The molecule has 0 radical (unpaired) electrons. The second-order valence-corrected chi connectivity index (χ2v) is 5.09. The molecule has 1 saturated carbocycles. The Kier molecular flexibility index (Phi) is 5.57. The van der Waals surface area contributed by atoms with Gasteiger partial charge in [0, 0.05) is 25.4 Å². The number of amides is 3. The molecular formula is C15H21N3O3. The van der Waals surface area contributed by atoms with Gasteiger partial charge in [-0.05, 0) is 30.5 Å². The fourth-order valence-corrected chi connectivity index (χ4v) is 1.84. The number of hydrogen-bond donors (Lipinski definition) is 3. The van der Waals surface area contributed by atoms with Crippen LogP contribution in [-0.4, -0.2) is 38.2 Å². The van der Waals surface area contributed by atoms with Crippen molar-refractivity contribution in [2.24, 2.45) is 0 Å². The third kappa shape index (κ3) is 5.83. The van der Waals surface area contributed by atoms with Crippen LogP contribution in [0.25, 0.3) is 0 Å². The molecule has 0 bridgehead atoms. The zero-order chi connectivity index (χ0) is 15.1. The van der Waals surface area contributed by atoms with Gasteiger partial charge in [-0.3, -0.25) is 4.79 Å². The molecular weight excluding hydrogens is 270 g/mol. The minimum atomic E-state index is -0.272. The molecule has 2 rings (SSSR count). The Hall–Kier alpha value is -2.08. The lowest BCUT2D eigenvalue weighted by Gasteiger charge is -2.08. The number of rotatable bonds is 7. The largest absolute Gasteiger partial charge is 0.383 e. The highest BCUT2D eigenvalue weighted by atomic mass is 16.5. The second-order valence-electron chi connectivity index (χ2n) is 5.09. The van der Waals surface area contributed by atoms with Crippen LogP contribution in [0.15, 0.2) is 24.3 Å². The van der Waals surface area contributed by atoms with Crippen molar-refractivity contribution in [2.75, 3.05) is 25.6 Å². The lowest BCUT2D eigenvalue weighted by Crippen LogP contribution is -2.31. The van der Waals surface area contributed by atoms with E-state index in [0.29, 0.717) is 31.3 Å². The van der Waals surface area contributed by atoms with E-state index in [-0.39, 0.29) is 11.9 Å². The van der Waals surface area contributed by atoms with E-state index in [0.717, 1.165) is 18.4 Å². The maximum absolute atomic E-state index is 11.7. The van der Waals surface area contributed by atoms with Gasteiger partial charge < -0.3 is 20.7 Å². The summed E-state index contributed by atoms with van der Waals surface area (Å²) in [6, 6.07) is 7.38. The van der Waals surface area contributed by atoms with Crippen LogP contribution in [0, 0.1) is 0 Å². The highest BCUT2D eigenvalue weighted by Crippen LogP contribution is 2.19. The number of nitrogens with one attached hydrogen (secondary N) is 3. The van der Waals surface area contributed by atoms with E-state index in [4.69, 9.17) is 4.74 Å². The van der Waals surface area contributed by atoms with Crippen LogP contribution in [0.5, 0.6) is 0 Å². The monoisotopic (exact) mass is 291 g/mol. The van der Waals surface area contributed by atoms with Gasteiger partial charge in [0.05, 0.1) is 13.0 Å². The standard InChI is InChI=1S/C15H21N3O3/c1-21-9-8-16-15(20)18-13-4-2-11(3-5-13)10-14(19)17-12-6-7-12/h2-5,12H,6-10H2,1H3,(H,17,19)(H2,16,18,20). The van der Waals surface area contributed by atoms with E-state index in [9.17, 15) is 9.59 Å². The van der Waals surface area contributed by atoms with Gasteiger partial charge in [-0.2, -0.15) is 0 Å². The van der Waals surface area contributed by atoms with Crippen molar-refractivity contribution in [3.05, 3.63) is 29.8 Å². The molecule has 1 aliphatic rings. The number of anilines is 1. The molecule has 1 aromatic carbocycles. The first-order valence-electron chi connectivity index (χ1n) is 7.09. The first kappa shape index (κ1) is 15.3. The maximum atomic E-state index is 11.7. The molecule has 0 atom stereocenters. The van der Waals surface area contributed by atoms with Crippen LogP contribution in [0.4, 0.5) is 10.5 Å². The number of carbonyl (C=O) groups excluding carboxylic acids is 2. The number of methoxy groups -OCH3 is 1. The molecule has 0 heterocycles. The van der Waals surface area contributed by atoms with Crippen molar-refractivity contribution in [2.45, 2.75) is 25.3 Å². The van der Waals surface area contributed by atoms with Gasteiger partial charge in [0.1, 0.15) is 0 Å². The molecule has 1 fully saturated rings. The summed E-state index contributed by atoms with van der Waals surface area (Å²) in [7, 11) is 1.58. The third-order valence-electron chi connectivity index (χ3n) is 3.11. The summed E-state index contributed by atoms with van der Waals surface area (Å²) in [5.74, 6) is 0.0514. The van der Waals surface area contributed by atoms with E-state index in [1.165, 1.54) is 0 Å². The Morgan fingerprint density at radius 3 is 2.57 bits per heavy atom. The van der Waals surface area contributed by atoms with Crippen molar-refractivity contribution in [3.8, 4) is 0 Å². The van der Waals surface area contributed by atoms with Crippen molar-refractivity contribution < 1.29 is 14.3 Å². The van der Waals surface area contributed by atoms with Gasteiger partial charge in [-0.25, -0.2) is 4.79 Å². The topological polar surface area (TPSA) is 79.5 Å². The van der Waals surface area contributed by atoms with E-state index < -0.39 is 0 Å². The zero-order valence-corrected chi connectivity index (χ0v) is 12.1. The van der Waals surface area contributed by atoms with Gasteiger partial charge >= 0.3 is 6.03 Å². The van der Waals surface area contributed by atoms with Gasteiger partial charge in [0.25, 0.3) is 0 Å². The van der Waals surface area contributed by atoms with Crippen LogP contribution in [0.2, 0.25) is 0 Å². The molecule has 0 unspecified atom stereocenters. The molecule has 0 aliphatic heterocycles. The molecule has 3 amide bonds. The van der Waals surface area contributed by atoms with Crippen molar-refractivity contribution in [3.63, 3.8) is 0 Å². The van der Waals surface area contributed by atoms with E-state index in [1.807, 2.05) is 12.1 Å². The molecule has 6 heteroatoms. The Bertz CT molecular complexity index is 483. The molecule has 6 nitrogen and oxygen atoms in total. The van der Waals surface area contributed by atoms with Gasteiger partial charge in [-0.15, -0.1) is 0 Å². The highest BCUT2D eigenvalue weighted by Gasteiger charge is 2.22. The summed E-state index contributed by atoms with van der Waals surface area (Å²) in [5, 5.41) is 8.33. The molecule has 0 saturated heterocycles. The average molecular weight is 291 g/mol. The molecule has 1 aromatic rings. The summed E-state index contributed by atoms with van der Waals surface area (Å²) >= 11 is 0. The van der Waals surface area contributed by atoms with Crippen LogP contribution < -0.4 is 16.0 Å².